The second-order valence-corrected chi connectivity index (χ2v) is 6.59. The number of benzene rings is 2. The third-order valence-corrected chi connectivity index (χ3v) is 4.93. The third-order valence-electron chi connectivity index (χ3n) is 4.59. The molecule has 1 aliphatic heterocycles. The molecule has 1 unspecified atom stereocenters. The number of rotatable bonds is 5. The molecule has 1 atom stereocenters. The lowest BCUT2D eigenvalue weighted by Crippen LogP contribution is -2.48. The molecule has 1 aliphatic rings. The zero-order valence-electron chi connectivity index (χ0n) is 14.4. The number of nitrogens with zero attached hydrogens (tertiary/aromatic N) is 1. The van der Waals surface area contributed by atoms with Crippen LogP contribution < -0.4 is 10.1 Å². The van der Waals surface area contributed by atoms with Gasteiger partial charge in [-0.1, -0.05) is 41.9 Å². The van der Waals surface area contributed by atoms with Gasteiger partial charge in [-0.3, -0.25) is 4.79 Å². The summed E-state index contributed by atoms with van der Waals surface area (Å²) >= 11 is 6.35. The summed E-state index contributed by atoms with van der Waals surface area (Å²) in [5.74, 6) is 0.982. The lowest BCUT2D eigenvalue weighted by Gasteiger charge is -2.37. The number of nitrogens with one attached hydrogen (secondary N) is 1. The molecule has 2 aromatic carbocycles. The molecule has 1 fully saturated rings. The lowest BCUT2D eigenvalue weighted by atomic mass is 10.0. The number of amides is 1. The van der Waals surface area contributed by atoms with Crippen LogP contribution in [0, 0.1) is 0 Å². The number of aryl methyl sites for hydroxylation is 1. The Labute approximate surface area is 153 Å². The fraction of sp³-hybridized carbons (Fsp3) is 0.350. The zero-order valence-corrected chi connectivity index (χ0v) is 15.1. The van der Waals surface area contributed by atoms with Crippen molar-refractivity contribution in [3.63, 3.8) is 0 Å². The van der Waals surface area contributed by atoms with Crippen LogP contribution in [0.3, 0.4) is 0 Å². The van der Waals surface area contributed by atoms with Gasteiger partial charge in [0.1, 0.15) is 5.75 Å². The van der Waals surface area contributed by atoms with Crippen LogP contribution in [0.25, 0.3) is 0 Å². The molecular formula is C20H23ClN2O2. The number of piperazine rings is 1. The molecule has 1 amide bonds. The summed E-state index contributed by atoms with van der Waals surface area (Å²) in [5, 5.41) is 4.08. The van der Waals surface area contributed by atoms with Gasteiger partial charge in [0, 0.05) is 31.1 Å². The first-order chi connectivity index (χ1) is 12.2. The van der Waals surface area contributed by atoms with Crippen molar-refractivity contribution in [3.05, 3.63) is 64.7 Å². The van der Waals surface area contributed by atoms with Gasteiger partial charge in [0.2, 0.25) is 5.91 Å². The van der Waals surface area contributed by atoms with Gasteiger partial charge in [-0.2, -0.15) is 0 Å². The van der Waals surface area contributed by atoms with Gasteiger partial charge in [-0.15, -0.1) is 0 Å². The number of carbonyl (C=O) groups is 1. The van der Waals surface area contributed by atoms with Gasteiger partial charge < -0.3 is 15.0 Å². The number of methoxy groups -OCH3 is 1. The first kappa shape index (κ1) is 17.8. The van der Waals surface area contributed by atoms with Crippen molar-refractivity contribution < 1.29 is 9.53 Å². The second-order valence-electron chi connectivity index (χ2n) is 6.18. The number of hydrogen-bond acceptors (Lipinski definition) is 3. The molecule has 25 heavy (non-hydrogen) atoms. The molecule has 0 aliphatic carbocycles. The summed E-state index contributed by atoms with van der Waals surface area (Å²) in [6.07, 6.45) is 1.18. The largest absolute Gasteiger partial charge is 0.497 e. The van der Waals surface area contributed by atoms with E-state index >= 15 is 0 Å². The van der Waals surface area contributed by atoms with Crippen LogP contribution in [0.2, 0.25) is 5.02 Å². The molecule has 1 heterocycles. The molecular weight excluding hydrogens is 336 g/mol. The van der Waals surface area contributed by atoms with E-state index in [1.54, 1.807) is 7.11 Å². The van der Waals surface area contributed by atoms with E-state index in [2.05, 4.69) is 5.32 Å². The van der Waals surface area contributed by atoms with Crippen LogP contribution in [-0.2, 0) is 11.2 Å². The van der Waals surface area contributed by atoms with Crippen molar-refractivity contribution in [3.8, 4) is 5.75 Å². The molecule has 1 saturated heterocycles. The van der Waals surface area contributed by atoms with E-state index in [1.807, 2.05) is 53.4 Å². The maximum absolute atomic E-state index is 12.8. The van der Waals surface area contributed by atoms with Gasteiger partial charge >= 0.3 is 0 Å². The Bertz CT molecular complexity index is 735. The molecule has 0 aromatic heterocycles. The molecule has 0 bridgehead atoms. The fourth-order valence-corrected chi connectivity index (χ4v) is 3.51. The van der Waals surface area contributed by atoms with E-state index < -0.39 is 0 Å². The SMILES string of the molecule is COc1cccc(CCC(=O)N2CCNCC2c2ccccc2Cl)c1. The molecule has 0 spiro atoms. The average molecular weight is 359 g/mol. The van der Waals surface area contributed by atoms with Crippen LogP contribution in [0.4, 0.5) is 0 Å². The number of carbonyl (C=O) groups excluding carboxylic acids is 1. The van der Waals surface area contributed by atoms with Crippen LogP contribution >= 0.6 is 11.6 Å². The van der Waals surface area contributed by atoms with Crippen LogP contribution in [0.1, 0.15) is 23.6 Å². The van der Waals surface area contributed by atoms with Crippen molar-refractivity contribution in [2.24, 2.45) is 0 Å². The van der Waals surface area contributed by atoms with Crippen molar-refractivity contribution in [1.29, 1.82) is 0 Å². The number of halogens is 1. The lowest BCUT2D eigenvalue weighted by molar-refractivity contribution is -0.134. The summed E-state index contributed by atoms with van der Waals surface area (Å²) < 4.78 is 5.25. The molecule has 0 radical (unpaired) electrons. The Balaban J connectivity index is 1.69. The molecule has 2 aromatic rings. The minimum absolute atomic E-state index is 0.0136. The van der Waals surface area contributed by atoms with Gasteiger partial charge in [-0.05, 0) is 35.7 Å². The second kappa shape index (κ2) is 8.37. The maximum Gasteiger partial charge on any atom is 0.223 e. The van der Waals surface area contributed by atoms with Gasteiger partial charge in [-0.25, -0.2) is 0 Å². The van der Waals surface area contributed by atoms with Crippen molar-refractivity contribution >= 4 is 17.5 Å². The Kier molecular flexibility index (Phi) is 5.95. The Hall–Kier alpha value is -2.04. The quantitative estimate of drug-likeness (QED) is 0.890. The molecule has 4 nitrogen and oxygen atoms in total. The van der Waals surface area contributed by atoms with Crippen LogP contribution in [0.15, 0.2) is 48.5 Å². The van der Waals surface area contributed by atoms with E-state index in [4.69, 9.17) is 16.3 Å². The molecule has 3 rings (SSSR count). The normalized spacial score (nSPS) is 17.4. The monoisotopic (exact) mass is 358 g/mol. The smallest absolute Gasteiger partial charge is 0.223 e. The van der Waals surface area contributed by atoms with E-state index in [0.717, 1.165) is 30.0 Å². The molecule has 1 N–H and O–H groups in total. The van der Waals surface area contributed by atoms with Crippen molar-refractivity contribution in [1.82, 2.24) is 10.2 Å². The topological polar surface area (TPSA) is 41.6 Å². The van der Waals surface area contributed by atoms with E-state index in [0.29, 0.717) is 24.4 Å². The number of hydrogen-bond donors (Lipinski definition) is 1. The first-order valence-electron chi connectivity index (χ1n) is 8.56. The van der Waals surface area contributed by atoms with Gasteiger partial charge in [0.05, 0.1) is 13.2 Å². The summed E-state index contributed by atoms with van der Waals surface area (Å²) in [6, 6.07) is 15.6. The van der Waals surface area contributed by atoms with Gasteiger partial charge in [0.15, 0.2) is 0 Å². The highest BCUT2D eigenvalue weighted by molar-refractivity contribution is 6.31. The van der Waals surface area contributed by atoms with E-state index in [-0.39, 0.29) is 11.9 Å². The summed E-state index contributed by atoms with van der Waals surface area (Å²) in [7, 11) is 1.65. The average Bonchev–Trinajstić information content (AvgIpc) is 2.66. The van der Waals surface area contributed by atoms with Crippen LogP contribution in [-0.4, -0.2) is 37.6 Å². The minimum atomic E-state index is -0.0136. The Morgan fingerprint density at radius 3 is 2.92 bits per heavy atom. The van der Waals surface area contributed by atoms with Gasteiger partial charge in [0.25, 0.3) is 0 Å². The highest BCUT2D eigenvalue weighted by Crippen LogP contribution is 2.29. The maximum atomic E-state index is 12.8. The van der Waals surface area contributed by atoms with E-state index in [1.165, 1.54) is 0 Å². The van der Waals surface area contributed by atoms with Crippen molar-refractivity contribution in [2.75, 3.05) is 26.7 Å². The summed E-state index contributed by atoms with van der Waals surface area (Å²) in [6.45, 7) is 2.24. The molecule has 132 valence electrons. The minimum Gasteiger partial charge on any atom is -0.497 e. The Morgan fingerprint density at radius 2 is 2.12 bits per heavy atom. The van der Waals surface area contributed by atoms with Crippen molar-refractivity contribution in [2.45, 2.75) is 18.9 Å². The zero-order chi connectivity index (χ0) is 17.6. The predicted octanol–water partition coefficient (Wildman–Crippen LogP) is 3.45. The first-order valence-corrected chi connectivity index (χ1v) is 8.94. The molecule has 0 saturated carbocycles. The highest BCUT2D eigenvalue weighted by atomic mass is 35.5. The summed E-state index contributed by atoms with van der Waals surface area (Å²) in [4.78, 5) is 14.8. The summed E-state index contributed by atoms with van der Waals surface area (Å²) in [5.41, 5.74) is 2.11. The highest BCUT2D eigenvalue weighted by Gasteiger charge is 2.28. The molecule has 5 heteroatoms. The predicted molar refractivity (Wildman–Crippen MR) is 100 cm³/mol. The van der Waals surface area contributed by atoms with E-state index in [9.17, 15) is 4.79 Å². The third kappa shape index (κ3) is 4.33. The standard InChI is InChI=1S/C20H23ClN2O2/c1-25-16-6-4-5-15(13-16)9-10-20(24)23-12-11-22-14-19(23)17-7-2-3-8-18(17)21/h2-8,13,19,22H,9-12,14H2,1H3. The Morgan fingerprint density at radius 1 is 1.28 bits per heavy atom. The fourth-order valence-electron chi connectivity index (χ4n) is 3.25. The number of ether oxygens (including phenoxy) is 1. The van der Waals surface area contributed by atoms with Crippen LogP contribution in [0.5, 0.6) is 5.75 Å².